The van der Waals surface area contributed by atoms with E-state index < -0.39 is 5.54 Å². The Labute approximate surface area is 220 Å². The number of likely N-dealkylation sites (N-methyl/N-ethyl adjacent to an activating group) is 1. The number of nitrogens with zero attached hydrogens (tertiary/aromatic N) is 6. The minimum absolute atomic E-state index is 0.222. The number of carbonyl (C=O) groups excluding carboxylic acids is 1. The average Bonchev–Trinajstić information content (AvgIpc) is 3.46. The molecule has 1 saturated carbocycles. The highest BCUT2D eigenvalue weighted by atomic mass is 35.5. The summed E-state index contributed by atoms with van der Waals surface area (Å²) >= 11 is 6.52. The average molecular weight is 520 g/mol. The standard InChI is InChI=1S/C27H30ClN7O2/c1-4-5-10-22-29-23(28)25(37-26(36)27(15-16-27)34(2)3)35(22)17-18-11-13-19(14-12-18)20-8-6-7-9-21(20)24-30-32-33-31-24/h6-9,11-14H,4-5,10,15-17H2,1-3H3,(H,30,31,32,33). The summed E-state index contributed by atoms with van der Waals surface area (Å²) < 4.78 is 7.85. The molecule has 4 aromatic rings. The molecule has 9 nitrogen and oxygen atoms in total. The van der Waals surface area contributed by atoms with Crippen LogP contribution in [0.15, 0.2) is 48.5 Å². The predicted octanol–water partition coefficient (Wildman–Crippen LogP) is 4.77. The quantitative estimate of drug-likeness (QED) is 0.301. The number of nitrogens with one attached hydrogen (secondary N) is 1. The largest absolute Gasteiger partial charge is 0.404 e. The van der Waals surface area contributed by atoms with Crippen molar-refractivity contribution in [2.75, 3.05) is 14.1 Å². The van der Waals surface area contributed by atoms with Crippen LogP contribution in [0.4, 0.5) is 0 Å². The number of aryl methyl sites for hydroxylation is 1. The second kappa shape index (κ2) is 10.4. The number of rotatable bonds is 10. The summed E-state index contributed by atoms with van der Waals surface area (Å²) in [4.78, 5) is 19.6. The van der Waals surface area contributed by atoms with E-state index in [1.54, 1.807) is 0 Å². The number of esters is 1. The van der Waals surface area contributed by atoms with E-state index in [4.69, 9.17) is 16.3 Å². The van der Waals surface area contributed by atoms with Crippen LogP contribution in [0.2, 0.25) is 5.15 Å². The number of carbonyl (C=O) groups is 1. The number of hydrogen-bond acceptors (Lipinski definition) is 7. The van der Waals surface area contributed by atoms with Crippen LogP contribution in [0.3, 0.4) is 0 Å². The monoisotopic (exact) mass is 519 g/mol. The van der Waals surface area contributed by atoms with Gasteiger partial charge in [-0.05, 0) is 55.3 Å². The number of hydrogen-bond donors (Lipinski definition) is 1. The molecule has 2 heterocycles. The molecule has 37 heavy (non-hydrogen) atoms. The molecular weight excluding hydrogens is 490 g/mol. The van der Waals surface area contributed by atoms with E-state index in [2.05, 4.69) is 56.8 Å². The number of imidazole rings is 1. The third-order valence-corrected chi connectivity index (χ3v) is 7.23. The van der Waals surface area contributed by atoms with Crippen LogP contribution in [-0.4, -0.2) is 60.7 Å². The molecule has 0 saturated heterocycles. The van der Waals surface area contributed by atoms with E-state index in [0.29, 0.717) is 18.2 Å². The number of halogens is 1. The number of ether oxygens (including phenoxy) is 1. The summed E-state index contributed by atoms with van der Waals surface area (Å²) in [5, 5.41) is 14.7. The fourth-order valence-corrected chi connectivity index (χ4v) is 4.79. The molecule has 10 heteroatoms. The van der Waals surface area contributed by atoms with Gasteiger partial charge >= 0.3 is 5.97 Å². The molecule has 0 spiro atoms. The Kier molecular flexibility index (Phi) is 7.08. The van der Waals surface area contributed by atoms with Crippen molar-refractivity contribution in [2.45, 2.75) is 51.1 Å². The second-order valence-corrected chi connectivity index (χ2v) is 9.97. The van der Waals surface area contributed by atoms with Gasteiger partial charge in [0.05, 0.1) is 6.54 Å². The Hall–Kier alpha value is -3.56. The van der Waals surface area contributed by atoms with Gasteiger partial charge in [-0.1, -0.05) is 73.5 Å². The number of H-pyrrole nitrogens is 1. The fraction of sp³-hybridized carbons (Fsp3) is 0.370. The Morgan fingerprint density at radius 1 is 1.14 bits per heavy atom. The minimum atomic E-state index is -0.574. The first-order valence-corrected chi connectivity index (χ1v) is 12.9. The van der Waals surface area contributed by atoms with E-state index in [9.17, 15) is 4.79 Å². The highest BCUT2D eigenvalue weighted by Gasteiger charge is 2.54. The molecule has 0 amide bonds. The van der Waals surface area contributed by atoms with E-state index >= 15 is 0 Å². The molecular formula is C27H30ClN7O2. The zero-order valence-electron chi connectivity index (χ0n) is 21.2. The van der Waals surface area contributed by atoms with Crippen molar-refractivity contribution in [3.63, 3.8) is 0 Å². The Bertz CT molecular complexity index is 1380. The lowest BCUT2D eigenvalue weighted by molar-refractivity contribution is -0.141. The number of aromatic nitrogens is 6. The maximum atomic E-state index is 13.1. The SMILES string of the molecule is CCCCc1nc(Cl)c(OC(=O)C2(N(C)C)CC2)n1Cc1ccc(-c2ccccc2-c2nn[nH]n2)cc1. The van der Waals surface area contributed by atoms with Crippen LogP contribution in [0, 0.1) is 0 Å². The smallest absolute Gasteiger partial charge is 0.333 e. The van der Waals surface area contributed by atoms with E-state index in [0.717, 1.165) is 60.2 Å². The third-order valence-electron chi connectivity index (χ3n) is 6.98. The summed E-state index contributed by atoms with van der Waals surface area (Å²) in [6, 6.07) is 16.2. The predicted molar refractivity (Wildman–Crippen MR) is 141 cm³/mol. The second-order valence-electron chi connectivity index (χ2n) is 9.61. The van der Waals surface area contributed by atoms with Crippen LogP contribution in [0.5, 0.6) is 5.88 Å². The molecule has 0 unspecified atom stereocenters. The lowest BCUT2D eigenvalue weighted by Crippen LogP contribution is -2.41. The zero-order valence-corrected chi connectivity index (χ0v) is 22.0. The summed E-state index contributed by atoms with van der Waals surface area (Å²) in [6.45, 7) is 2.62. The van der Waals surface area contributed by atoms with Crippen molar-refractivity contribution in [3.05, 3.63) is 65.1 Å². The van der Waals surface area contributed by atoms with E-state index in [1.807, 2.05) is 47.8 Å². The molecule has 0 radical (unpaired) electrons. The number of aromatic amines is 1. The number of benzene rings is 2. The highest BCUT2D eigenvalue weighted by molar-refractivity contribution is 6.30. The van der Waals surface area contributed by atoms with Crippen LogP contribution in [-0.2, 0) is 17.8 Å². The Balaban J connectivity index is 1.43. The van der Waals surface area contributed by atoms with Gasteiger partial charge in [0.2, 0.25) is 11.7 Å². The van der Waals surface area contributed by atoms with Crippen molar-refractivity contribution >= 4 is 17.6 Å². The van der Waals surface area contributed by atoms with Crippen molar-refractivity contribution < 1.29 is 9.53 Å². The molecule has 2 aromatic heterocycles. The van der Waals surface area contributed by atoms with Crippen molar-refractivity contribution in [1.82, 2.24) is 35.1 Å². The first-order chi connectivity index (χ1) is 17.9. The van der Waals surface area contributed by atoms with Gasteiger partial charge in [0.1, 0.15) is 11.4 Å². The van der Waals surface area contributed by atoms with Crippen LogP contribution >= 0.6 is 11.6 Å². The molecule has 1 N–H and O–H groups in total. The van der Waals surface area contributed by atoms with Gasteiger partial charge in [-0.3, -0.25) is 9.47 Å². The van der Waals surface area contributed by atoms with Crippen molar-refractivity contribution in [3.8, 4) is 28.4 Å². The number of tetrazole rings is 1. The zero-order chi connectivity index (χ0) is 26.0. The molecule has 1 aliphatic rings. The van der Waals surface area contributed by atoms with Gasteiger partial charge in [-0.15, -0.1) is 10.2 Å². The fourth-order valence-electron chi connectivity index (χ4n) is 4.55. The molecule has 0 bridgehead atoms. The maximum Gasteiger partial charge on any atom is 0.333 e. The molecule has 5 rings (SSSR count). The summed E-state index contributed by atoms with van der Waals surface area (Å²) in [7, 11) is 3.80. The van der Waals surface area contributed by atoms with Gasteiger partial charge in [0.25, 0.3) is 0 Å². The van der Waals surface area contributed by atoms with Gasteiger partial charge in [0.15, 0.2) is 5.15 Å². The third kappa shape index (κ3) is 5.01. The van der Waals surface area contributed by atoms with E-state index in [-0.39, 0.29) is 11.1 Å². The summed E-state index contributed by atoms with van der Waals surface area (Å²) in [5.41, 5.74) is 3.41. The molecule has 1 fully saturated rings. The molecule has 0 atom stereocenters. The first-order valence-electron chi connectivity index (χ1n) is 12.5. The molecule has 0 aliphatic heterocycles. The topological polar surface area (TPSA) is 102 Å². The molecule has 1 aliphatic carbocycles. The van der Waals surface area contributed by atoms with Gasteiger partial charge in [-0.2, -0.15) is 5.21 Å². The minimum Gasteiger partial charge on any atom is -0.404 e. The number of unbranched alkanes of at least 4 members (excludes halogenated alkanes) is 1. The first kappa shape index (κ1) is 25.1. The van der Waals surface area contributed by atoms with Crippen LogP contribution < -0.4 is 4.74 Å². The van der Waals surface area contributed by atoms with Gasteiger partial charge in [-0.25, -0.2) is 9.78 Å². The van der Waals surface area contributed by atoms with Crippen molar-refractivity contribution in [1.29, 1.82) is 0 Å². The lowest BCUT2D eigenvalue weighted by Gasteiger charge is -2.22. The molecule has 2 aromatic carbocycles. The highest BCUT2D eigenvalue weighted by Crippen LogP contribution is 2.42. The van der Waals surface area contributed by atoms with Gasteiger partial charge in [0, 0.05) is 12.0 Å². The summed E-state index contributed by atoms with van der Waals surface area (Å²) in [5.74, 6) is 1.40. The van der Waals surface area contributed by atoms with Gasteiger partial charge < -0.3 is 4.74 Å². The van der Waals surface area contributed by atoms with E-state index in [1.165, 1.54) is 0 Å². The molecule has 192 valence electrons. The lowest BCUT2D eigenvalue weighted by atomic mass is 9.98. The summed E-state index contributed by atoms with van der Waals surface area (Å²) in [6.07, 6.45) is 4.30. The van der Waals surface area contributed by atoms with Crippen LogP contribution in [0.1, 0.15) is 44.0 Å². The van der Waals surface area contributed by atoms with Crippen molar-refractivity contribution in [2.24, 2.45) is 0 Å². The van der Waals surface area contributed by atoms with Crippen LogP contribution in [0.25, 0.3) is 22.5 Å². The Morgan fingerprint density at radius 3 is 2.49 bits per heavy atom. The Morgan fingerprint density at radius 2 is 1.86 bits per heavy atom. The normalized spacial score (nSPS) is 14.2. The maximum absolute atomic E-state index is 13.1.